The fourth-order valence-corrected chi connectivity index (χ4v) is 3.91. The molecule has 0 spiro atoms. The summed E-state index contributed by atoms with van der Waals surface area (Å²) < 4.78 is 32.4. The molecule has 1 N–H and O–H groups in total. The first-order valence-electron chi connectivity index (χ1n) is 6.10. The number of halogens is 1. The highest BCUT2D eigenvalue weighted by Gasteiger charge is 2.32. The van der Waals surface area contributed by atoms with E-state index in [1.165, 1.54) is 0 Å². The summed E-state index contributed by atoms with van der Waals surface area (Å²) in [4.78, 5) is 0.122. The standard InChI is InChI=1S/C12H21ClN2O3S/c1-8-11(9(2)18-14-8)19(16,17)15-10(6-7-13)12(3,4)5/h10,15H,6-7H2,1-5H3. The first-order chi connectivity index (χ1) is 8.59. The zero-order chi connectivity index (χ0) is 14.8. The molecule has 1 aromatic rings. The average Bonchev–Trinajstić information content (AvgIpc) is 2.56. The van der Waals surface area contributed by atoms with Gasteiger partial charge in [0.25, 0.3) is 0 Å². The molecular formula is C12H21ClN2O3S. The van der Waals surface area contributed by atoms with Gasteiger partial charge >= 0.3 is 0 Å². The van der Waals surface area contributed by atoms with Gasteiger partial charge in [0.2, 0.25) is 10.0 Å². The minimum absolute atomic E-state index is 0.122. The highest BCUT2D eigenvalue weighted by molar-refractivity contribution is 7.89. The molecule has 0 saturated carbocycles. The zero-order valence-electron chi connectivity index (χ0n) is 11.9. The van der Waals surface area contributed by atoms with Crippen LogP contribution in [0.2, 0.25) is 0 Å². The Kier molecular flexibility index (Phi) is 5.03. The summed E-state index contributed by atoms with van der Waals surface area (Å²) in [7, 11) is -3.65. The molecule has 5 nitrogen and oxygen atoms in total. The normalized spacial score (nSPS) is 14.6. The molecule has 0 aromatic carbocycles. The Morgan fingerprint density at radius 1 is 1.37 bits per heavy atom. The lowest BCUT2D eigenvalue weighted by molar-refractivity contribution is 0.292. The Bertz CT molecular complexity index is 512. The fourth-order valence-electron chi connectivity index (χ4n) is 1.88. The van der Waals surface area contributed by atoms with Crippen molar-refractivity contribution >= 4 is 21.6 Å². The van der Waals surface area contributed by atoms with E-state index in [0.29, 0.717) is 23.8 Å². The van der Waals surface area contributed by atoms with Crippen LogP contribution < -0.4 is 4.72 Å². The van der Waals surface area contributed by atoms with Gasteiger partial charge in [0.05, 0.1) is 0 Å². The minimum atomic E-state index is -3.65. The number of rotatable bonds is 5. The predicted octanol–water partition coefficient (Wildman–Crippen LogP) is 2.61. The summed E-state index contributed by atoms with van der Waals surface area (Å²) in [5.41, 5.74) is 0.143. The highest BCUT2D eigenvalue weighted by atomic mass is 35.5. The van der Waals surface area contributed by atoms with E-state index in [-0.39, 0.29) is 16.4 Å². The first kappa shape index (κ1) is 16.5. The van der Waals surface area contributed by atoms with E-state index in [1.54, 1.807) is 13.8 Å². The molecule has 7 heteroatoms. The lowest BCUT2D eigenvalue weighted by Gasteiger charge is -2.30. The van der Waals surface area contributed by atoms with Gasteiger partial charge in [0.15, 0.2) is 5.76 Å². The second-order valence-corrected chi connectivity index (χ2v) is 7.70. The molecule has 19 heavy (non-hydrogen) atoms. The topological polar surface area (TPSA) is 72.2 Å². The van der Waals surface area contributed by atoms with Crippen molar-refractivity contribution in [1.29, 1.82) is 0 Å². The third-order valence-corrected chi connectivity index (χ3v) is 4.91. The summed E-state index contributed by atoms with van der Waals surface area (Å²) in [5, 5.41) is 3.68. The summed E-state index contributed by atoms with van der Waals surface area (Å²) in [6.45, 7) is 9.11. The van der Waals surface area contributed by atoms with Crippen molar-refractivity contribution < 1.29 is 12.9 Å². The van der Waals surface area contributed by atoms with Gasteiger partial charge in [-0.25, -0.2) is 13.1 Å². The molecule has 0 bridgehead atoms. The van der Waals surface area contributed by atoms with Crippen molar-refractivity contribution in [3.8, 4) is 0 Å². The van der Waals surface area contributed by atoms with Crippen LogP contribution in [0, 0.1) is 19.3 Å². The van der Waals surface area contributed by atoms with Crippen LogP contribution in [0.5, 0.6) is 0 Å². The number of nitrogens with one attached hydrogen (secondary N) is 1. The van der Waals surface area contributed by atoms with E-state index in [4.69, 9.17) is 16.1 Å². The third kappa shape index (κ3) is 3.94. The van der Waals surface area contributed by atoms with Gasteiger partial charge in [-0.1, -0.05) is 25.9 Å². The molecule has 0 saturated heterocycles. The summed E-state index contributed by atoms with van der Waals surface area (Å²) in [6.07, 6.45) is 0.563. The number of sulfonamides is 1. The molecule has 0 radical (unpaired) electrons. The minimum Gasteiger partial charge on any atom is -0.360 e. The maximum Gasteiger partial charge on any atom is 0.246 e. The Morgan fingerprint density at radius 3 is 2.32 bits per heavy atom. The molecule has 110 valence electrons. The van der Waals surface area contributed by atoms with E-state index in [2.05, 4.69) is 9.88 Å². The molecule has 0 fully saturated rings. The van der Waals surface area contributed by atoms with Gasteiger partial charge < -0.3 is 4.52 Å². The Morgan fingerprint density at radius 2 is 1.95 bits per heavy atom. The second kappa shape index (κ2) is 5.81. The molecule has 1 heterocycles. The van der Waals surface area contributed by atoms with Crippen LogP contribution >= 0.6 is 11.6 Å². The average molecular weight is 309 g/mol. The van der Waals surface area contributed by atoms with Crippen LogP contribution in [0.1, 0.15) is 38.6 Å². The number of nitrogens with zero attached hydrogens (tertiary/aromatic N) is 1. The molecule has 0 aliphatic heterocycles. The van der Waals surface area contributed by atoms with Gasteiger partial charge in [-0.15, -0.1) is 11.6 Å². The molecule has 1 unspecified atom stereocenters. The molecule has 1 atom stereocenters. The van der Waals surface area contributed by atoms with Crippen LogP contribution in [0.4, 0.5) is 0 Å². The number of alkyl halides is 1. The van der Waals surface area contributed by atoms with Crippen molar-refractivity contribution in [2.75, 3.05) is 5.88 Å². The molecule has 1 aromatic heterocycles. The Labute approximate surface area is 119 Å². The predicted molar refractivity (Wildman–Crippen MR) is 74.9 cm³/mol. The number of hydrogen-bond donors (Lipinski definition) is 1. The van der Waals surface area contributed by atoms with Gasteiger partial charge in [-0.3, -0.25) is 0 Å². The molecular weight excluding hydrogens is 288 g/mol. The zero-order valence-corrected chi connectivity index (χ0v) is 13.5. The first-order valence-corrected chi connectivity index (χ1v) is 8.12. The molecule has 1 rings (SSSR count). The van der Waals surface area contributed by atoms with E-state index in [9.17, 15) is 8.42 Å². The Balaban J connectivity index is 3.08. The van der Waals surface area contributed by atoms with Gasteiger partial charge in [0, 0.05) is 11.9 Å². The summed E-state index contributed by atoms with van der Waals surface area (Å²) in [5.74, 6) is 0.690. The second-order valence-electron chi connectivity index (χ2n) is 5.67. The van der Waals surface area contributed by atoms with Crippen molar-refractivity contribution in [2.45, 2.75) is 52.0 Å². The SMILES string of the molecule is Cc1noc(C)c1S(=O)(=O)NC(CCCl)C(C)(C)C. The van der Waals surface area contributed by atoms with Gasteiger partial charge in [-0.05, 0) is 25.7 Å². The lowest BCUT2D eigenvalue weighted by Crippen LogP contribution is -2.44. The quantitative estimate of drug-likeness (QED) is 0.849. The summed E-state index contributed by atoms with van der Waals surface area (Å²) in [6, 6.07) is -0.247. The van der Waals surface area contributed by atoms with Gasteiger partial charge in [-0.2, -0.15) is 0 Å². The van der Waals surface area contributed by atoms with Crippen molar-refractivity contribution in [2.24, 2.45) is 5.41 Å². The largest absolute Gasteiger partial charge is 0.360 e. The monoisotopic (exact) mass is 308 g/mol. The van der Waals surface area contributed by atoms with E-state index < -0.39 is 10.0 Å². The van der Waals surface area contributed by atoms with Crippen LogP contribution in [0.3, 0.4) is 0 Å². The third-order valence-electron chi connectivity index (χ3n) is 2.98. The maximum absolute atomic E-state index is 12.4. The Hall–Kier alpha value is -0.590. The number of aryl methyl sites for hydroxylation is 2. The van der Waals surface area contributed by atoms with E-state index in [1.807, 2.05) is 20.8 Å². The highest BCUT2D eigenvalue weighted by Crippen LogP contribution is 2.26. The molecule has 0 aliphatic rings. The summed E-state index contributed by atoms with van der Waals surface area (Å²) >= 11 is 5.75. The number of aromatic nitrogens is 1. The van der Waals surface area contributed by atoms with Crippen LogP contribution in [0.25, 0.3) is 0 Å². The molecule has 0 aliphatic carbocycles. The van der Waals surface area contributed by atoms with Crippen LogP contribution in [-0.4, -0.2) is 25.5 Å². The van der Waals surface area contributed by atoms with Crippen molar-refractivity contribution in [3.05, 3.63) is 11.5 Å². The van der Waals surface area contributed by atoms with Crippen molar-refractivity contribution in [3.63, 3.8) is 0 Å². The van der Waals surface area contributed by atoms with E-state index >= 15 is 0 Å². The van der Waals surface area contributed by atoms with Crippen LogP contribution in [-0.2, 0) is 10.0 Å². The maximum atomic E-state index is 12.4. The van der Waals surface area contributed by atoms with E-state index in [0.717, 1.165) is 0 Å². The number of hydrogen-bond acceptors (Lipinski definition) is 4. The van der Waals surface area contributed by atoms with Crippen LogP contribution in [0.15, 0.2) is 9.42 Å². The van der Waals surface area contributed by atoms with Crippen molar-refractivity contribution in [1.82, 2.24) is 9.88 Å². The fraction of sp³-hybridized carbons (Fsp3) is 0.750. The lowest BCUT2D eigenvalue weighted by atomic mass is 9.86. The molecule has 0 amide bonds. The van der Waals surface area contributed by atoms with Gasteiger partial charge in [0.1, 0.15) is 10.6 Å². The smallest absolute Gasteiger partial charge is 0.246 e.